The highest BCUT2D eigenvalue weighted by Gasteiger charge is 2.10. The van der Waals surface area contributed by atoms with Gasteiger partial charge in [0.05, 0.1) is 11.3 Å². The molecule has 0 aliphatic carbocycles. The van der Waals surface area contributed by atoms with Crippen LogP contribution < -0.4 is 16.6 Å². The van der Waals surface area contributed by atoms with Gasteiger partial charge >= 0.3 is 0 Å². The Bertz CT molecular complexity index is 387. The minimum atomic E-state index is -0.165. The van der Waals surface area contributed by atoms with Gasteiger partial charge in [0.2, 0.25) is 0 Å². The third-order valence-electron chi connectivity index (χ3n) is 2.19. The van der Waals surface area contributed by atoms with Crippen LogP contribution in [0.5, 0.6) is 0 Å². The molecule has 17 heavy (non-hydrogen) atoms. The number of hydrogen-bond donors (Lipinski definition) is 3. The van der Waals surface area contributed by atoms with Crippen molar-refractivity contribution < 1.29 is 4.79 Å². The predicted octanol–water partition coefficient (Wildman–Crippen LogP) is 2.11. The molecular weight excluding hydrogens is 258 g/mol. The Labute approximate surface area is 110 Å². The zero-order chi connectivity index (χ0) is 12.7. The van der Waals surface area contributed by atoms with E-state index in [1.807, 2.05) is 6.26 Å². The number of rotatable bonds is 6. The summed E-state index contributed by atoms with van der Waals surface area (Å²) in [5.74, 6) is 6.20. The van der Waals surface area contributed by atoms with Crippen molar-refractivity contribution >= 4 is 35.0 Å². The maximum absolute atomic E-state index is 11.9. The first-order valence-electron chi connectivity index (χ1n) is 5.22. The van der Waals surface area contributed by atoms with Crippen LogP contribution in [-0.4, -0.2) is 24.5 Å². The van der Waals surface area contributed by atoms with Gasteiger partial charge in [-0.3, -0.25) is 10.6 Å². The number of halogens is 1. The van der Waals surface area contributed by atoms with E-state index < -0.39 is 0 Å². The predicted molar refractivity (Wildman–Crippen MR) is 74.6 cm³/mol. The number of benzene rings is 1. The fourth-order valence-electron chi connectivity index (χ4n) is 1.34. The second-order valence-electron chi connectivity index (χ2n) is 3.44. The molecule has 0 atom stereocenters. The Morgan fingerprint density at radius 1 is 1.53 bits per heavy atom. The lowest BCUT2D eigenvalue weighted by molar-refractivity contribution is 0.0954. The van der Waals surface area contributed by atoms with Crippen molar-refractivity contribution in [2.45, 2.75) is 6.42 Å². The molecular formula is C11H16ClN3OS. The summed E-state index contributed by atoms with van der Waals surface area (Å²) >= 11 is 7.60. The van der Waals surface area contributed by atoms with Crippen molar-refractivity contribution in [1.29, 1.82) is 0 Å². The van der Waals surface area contributed by atoms with E-state index in [9.17, 15) is 4.79 Å². The van der Waals surface area contributed by atoms with Crippen molar-refractivity contribution in [3.63, 3.8) is 0 Å². The van der Waals surface area contributed by atoms with Crippen LogP contribution in [0.2, 0.25) is 5.02 Å². The summed E-state index contributed by atoms with van der Waals surface area (Å²) in [5, 5.41) is 3.34. The average molecular weight is 274 g/mol. The Hall–Kier alpha value is -0.910. The number of carbonyl (C=O) groups is 1. The third-order valence-corrected chi connectivity index (χ3v) is 3.12. The fraction of sp³-hybridized carbons (Fsp3) is 0.364. The lowest BCUT2D eigenvalue weighted by atomic mass is 10.1. The van der Waals surface area contributed by atoms with Crippen LogP contribution in [0.15, 0.2) is 18.2 Å². The van der Waals surface area contributed by atoms with E-state index in [1.165, 1.54) is 0 Å². The normalized spacial score (nSPS) is 10.1. The second-order valence-corrected chi connectivity index (χ2v) is 4.86. The van der Waals surface area contributed by atoms with Gasteiger partial charge in [0.1, 0.15) is 0 Å². The Kier molecular flexibility index (Phi) is 6.18. The molecule has 4 nitrogen and oxygen atoms in total. The number of hydrazine groups is 1. The smallest absolute Gasteiger partial charge is 0.253 e. The van der Waals surface area contributed by atoms with Crippen LogP contribution in [0, 0.1) is 0 Å². The third kappa shape index (κ3) is 4.46. The summed E-state index contributed by atoms with van der Waals surface area (Å²) in [6.45, 7) is 0.649. The van der Waals surface area contributed by atoms with Gasteiger partial charge in [0, 0.05) is 11.6 Å². The van der Waals surface area contributed by atoms with Crippen LogP contribution in [0.4, 0.5) is 5.69 Å². The number of nitrogens with two attached hydrogens (primary N) is 1. The molecule has 1 rings (SSSR count). The number of thioether (sulfide) groups is 1. The molecule has 4 N–H and O–H groups in total. The van der Waals surface area contributed by atoms with Crippen molar-refractivity contribution in [3.8, 4) is 0 Å². The number of nitrogen functional groups attached to an aromatic ring is 1. The molecule has 0 saturated carbocycles. The maximum atomic E-state index is 11.9. The number of hydrogen-bond acceptors (Lipinski definition) is 4. The first kappa shape index (κ1) is 14.2. The minimum Gasteiger partial charge on any atom is -0.352 e. The Morgan fingerprint density at radius 2 is 2.29 bits per heavy atom. The molecule has 0 spiro atoms. The van der Waals surface area contributed by atoms with E-state index in [0.29, 0.717) is 22.8 Å². The van der Waals surface area contributed by atoms with Gasteiger partial charge in [-0.15, -0.1) is 0 Å². The highest BCUT2D eigenvalue weighted by atomic mass is 35.5. The lowest BCUT2D eigenvalue weighted by Gasteiger charge is -2.09. The van der Waals surface area contributed by atoms with Crippen LogP contribution in [0.3, 0.4) is 0 Å². The SMILES string of the molecule is CSCCCNC(=O)c1cc(Cl)ccc1NN. The van der Waals surface area contributed by atoms with Gasteiger partial charge < -0.3 is 10.7 Å². The first-order chi connectivity index (χ1) is 8.19. The molecule has 1 aromatic carbocycles. The quantitative estimate of drug-likeness (QED) is 0.422. The molecule has 0 saturated heterocycles. The first-order valence-corrected chi connectivity index (χ1v) is 6.99. The summed E-state index contributed by atoms with van der Waals surface area (Å²) in [6, 6.07) is 4.96. The maximum Gasteiger partial charge on any atom is 0.253 e. The highest BCUT2D eigenvalue weighted by molar-refractivity contribution is 7.98. The molecule has 0 radical (unpaired) electrons. The Morgan fingerprint density at radius 3 is 2.94 bits per heavy atom. The molecule has 94 valence electrons. The number of anilines is 1. The van der Waals surface area contributed by atoms with Crippen molar-refractivity contribution in [1.82, 2.24) is 5.32 Å². The number of carbonyl (C=O) groups excluding carboxylic acids is 1. The van der Waals surface area contributed by atoms with E-state index >= 15 is 0 Å². The molecule has 0 heterocycles. The lowest BCUT2D eigenvalue weighted by Crippen LogP contribution is -2.26. The van der Waals surface area contributed by atoms with Gasteiger partial charge in [0.25, 0.3) is 5.91 Å². The van der Waals surface area contributed by atoms with Crippen molar-refractivity contribution in [3.05, 3.63) is 28.8 Å². The molecule has 6 heteroatoms. The molecule has 0 aliphatic heterocycles. The van der Waals surface area contributed by atoms with Crippen LogP contribution in [0.25, 0.3) is 0 Å². The van der Waals surface area contributed by atoms with E-state index in [0.717, 1.165) is 12.2 Å². The van der Waals surface area contributed by atoms with Gasteiger partial charge in [-0.2, -0.15) is 11.8 Å². The molecule has 1 amide bonds. The second kappa shape index (κ2) is 7.42. The van der Waals surface area contributed by atoms with Crippen molar-refractivity contribution in [2.75, 3.05) is 24.0 Å². The largest absolute Gasteiger partial charge is 0.352 e. The van der Waals surface area contributed by atoms with Crippen molar-refractivity contribution in [2.24, 2.45) is 5.84 Å². The van der Waals surface area contributed by atoms with E-state index in [-0.39, 0.29) is 5.91 Å². The van der Waals surface area contributed by atoms with Gasteiger partial charge in [-0.1, -0.05) is 11.6 Å². The molecule has 0 unspecified atom stereocenters. The van der Waals surface area contributed by atoms with Gasteiger partial charge in [-0.25, -0.2) is 0 Å². The van der Waals surface area contributed by atoms with E-state index in [4.69, 9.17) is 17.4 Å². The Balaban J connectivity index is 2.64. The van der Waals surface area contributed by atoms with Crippen LogP contribution in [-0.2, 0) is 0 Å². The summed E-state index contributed by atoms with van der Waals surface area (Å²) in [7, 11) is 0. The zero-order valence-electron chi connectivity index (χ0n) is 9.63. The van der Waals surface area contributed by atoms with Gasteiger partial charge in [0.15, 0.2) is 0 Å². The summed E-state index contributed by atoms with van der Waals surface area (Å²) in [6.07, 6.45) is 2.98. The zero-order valence-corrected chi connectivity index (χ0v) is 11.2. The fourth-order valence-corrected chi connectivity index (χ4v) is 1.95. The van der Waals surface area contributed by atoms with E-state index in [1.54, 1.807) is 30.0 Å². The highest BCUT2D eigenvalue weighted by Crippen LogP contribution is 2.19. The van der Waals surface area contributed by atoms with Gasteiger partial charge in [-0.05, 0) is 36.6 Å². The molecule has 0 fully saturated rings. The molecule has 1 aromatic rings. The number of nitrogens with one attached hydrogen (secondary N) is 2. The topological polar surface area (TPSA) is 67.2 Å². The van der Waals surface area contributed by atoms with Crippen LogP contribution >= 0.6 is 23.4 Å². The summed E-state index contributed by atoms with van der Waals surface area (Å²) < 4.78 is 0. The van der Waals surface area contributed by atoms with E-state index in [2.05, 4.69) is 10.7 Å². The summed E-state index contributed by atoms with van der Waals surface area (Å²) in [5.41, 5.74) is 3.51. The molecule has 0 bridgehead atoms. The minimum absolute atomic E-state index is 0.165. The molecule has 0 aromatic heterocycles. The van der Waals surface area contributed by atoms with Crippen LogP contribution in [0.1, 0.15) is 16.8 Å². The average Bonchev–Trinajstić information content (AvgIpc) is 2.34. The molecule has 0 aliphatic rings. The number of amides is 1. The summed E-state index contributed by atoms with van der Waals surface area (Å²) in [4.78, 5) is 11.9. The standard InChI is InChI=1S/C11H16ClN3OS/c1-17-6-2-5-14-11(16)9-7-8(12)3-4-10(9)15-13/h3-4,7,15H,2,5-6,13H2,1H3,(H,14,16). The monoisotopic (exact) mass is 273 g/mol.